The van der Waals surface area contributed by atoms with Gasteiger partial charge in [-0.25, -0.2) is 0 Å². The molecule has 6 heteroatoms. The van der Waals surface area contributed by atoms with Gasteiger partial charge in [-0.05, 0) is 20.3 Å². The highest BCUT2D eigenvalue weighted by Gasteiger charge is 2.51. The summed E-state index contributed by atoms with van der Waals surface area (Å²) in [5.41, 5.74) is -1.73. The Morgan fingerprint density at radius 3 is 2.50 bits per heavy atom. The molecule has 2 N–H and O–H groups in total. The summed E-state index contributed by atoms with van der Waals surface area (Å²) in [5.74, 6) is -0.471. The third kappa shape index (κ3) is 2.16. The van der Waals surface area contributed by atoms with Crippen LogP contribution in [0.15, 0.2) is 5.16 Å². The molecule has 0 bridgehead atoms. The highest BCUT2D eigenvalue weighted by atomic mass is 16.6. The van der Waals surface area contributed by atoms with E-state index in [2.05, 4.69) is 5.16 Å². The summed E-state index contributed by atoms with van der Waals surface area (Å²) in [6, 6.07) is 0. The maximum absolute atomic E-state index is 11.0. The number of rotatable bonds is 2. The van der Waals surface area contributed by atoms with Crippen molar-refractivity contribution in [2.75, 3.05) is 0 Å². The lowest BCUT2D eigenvalue weighted by molar-refractivity contribution is -0.573. The van der Waals surface area contributed by atoms with Crippen molar-refractivity contribution in [1.29, 1.82) is 0 Å². The number of nitrogens with zero attached hydrogens (tertiary/aromatic N) is 2. The van der Waals surface area contributed by atoms with Crippen LogP contribution in [-0.2, 0) is 0 Å². The van der Waals surface area contributed by atoms with Gasteiger partial charge in [0.1, 0.15) is 0 Å². The second kappa shape index (κ2) is 4.01. The average molecular weight is 230 g/mol. The molecule has 1 saturated carbocycles. The van der Waals surface area contributed by atoms with Crippen molar-refractivity contribution in [3.8, 4) is 0 Å². The minimum absolute atomic E-state index is 0.197. The lowest BCUT2D eigenvalue weighted by atomic mass is 9.67. The molecule has 0 spiro atoms. The lowest BCUT2D eigenvalue weighted by Gasteiger charge is -2.41. The minimum atomic E-state index is -1.04. The zero-order valence-electron chi connectivity index (χ0n) is 9.80. The van der Waals surface area contributed by atoms with Crippen LogP contribution in [0, 0.1) is 16.0 Å². The fourth-order valence-electron chi connectivity index (χ4n) is 2.29. The van der Waals surface area contributed by atoms with Crippen molar-refractivity contribution in [3.63, 3.8) is 0 Å². The van der Waals surface area contributed by atoms with E-state index in [1.807, 2.05) is 0 Å². The van der Waals surface area contributed by atoms with Crippen LogP contribution >= 0.6 is 0 Å². The molecule has 6 nitrogen and oxygen atoms in total. The summed E-state index contributed by atoms with van der Waals surface area (Å²) in [7, 11) is 0. The second-order valence-electron chi connectivity index (χ2n) is 5.11. The molecule has 92 valence electrons. The molecular weight excluding hydrogens is 212 g/mol. The zero-order chi connectivity index (χ0) is 12.6. The Kier molecular flexibility index (Phi) is 3.23. The van der Waals surface area contributed by atoms with Crippen molar-refractivity contribution in [3.05, 3.63) is 10.1 Å². The highest BCUT2D eigenvalue weighted by molar-refractivity contribution is 5.85. The number of nitro groups is 1. The molecule has 16 heavy (non-hydrogen) atoms. The molecule has 0 saturated heterocycles. The van der Waals surface area contributed by atoms with Crippen molar-refractivity contribution in [1.82, 2.24) is 0 Å². The van der Waals surface area contributed by atoms with E-state index in [4.69, 9.17) is 5.21 Å². The van der Waals surface area contributed by atoms with Crippen LogP contribution in [0.25, 0.3) is 0 Å². The Balaban J connectivity index is 2.99. The van der Waals surface area contributed by atoms with Gasteiger partial charge in [0.15, 0.2) is 0 Å². The van der Waals surface area contributed by atoms with Gasteiger partial charge in [-0.2, -0.15) is 0 Å². The Labute approximate surface area is 94.1 Å². The van der Waals surface area contributed by atoms with Gasteiger partial charge in [-0.1, -0.05) is 5.16 Å². The zero-order valence-corrected chi connectivity index (χ0v) is 9.80. The molecule has 0 amide bonds. The Morgan fingerprint density at radius 1 is 1.50 bits per heavy atom. The molecule has 0 aliphatic heterocycles. The van der Waals surface area contributed by atoms with E-state index in [0.717, 1.165) is 0 Å². The van der Waals surface area contributed by atoms with Crippen molar-refractivity contribution in [2.45, 2.75) is 51.2 Å². The topological polar surface area (TPSA) is 96.0 Å². The third-order valence-electron chi connectivity index (χ3n) is 3.67. The number of aliphatic hydroxyl groups is 1. The molecular formula is C10H18N2O4. The number of hydrogen-bond donors (Lipinski definition) is 2. The normalized spacial score (nSPS) is 40.8. The van der Waals surface area contributed by atoms with E-state index in [1.54, 1.807) is 20.8 Å². The largest absolute Gasteiger partial charge is 0.411 e. The third-order valence-corrected chi connectivity index (χ3v) is 3.67. The first kappa shape index (κ1) is 12.9. The van der Waals surface area contributed by atoms with Crippen LogP contribution in [0.1, 0.15) is 40.0 Å². The van der Waals surface area contributed by atoms with Gasteiger partial charge in [0, 0.05) is 30.6 Å². The van der Waals surface area contributed by atoms with E-state index in [1.165, 1.54) is 0 Å². The molecule has 0 radical (unpaired) electrons. The summed E-state index contributed by atoms with van der Waals surface area (Å²) in [5, 5.41) is 32.9. The van der Waals surface area contributed by atoms with Crippen LogP contribution in [0.3, 0.4) is 0 Å². The van der Waals surface area contributed by atoms with E-state index < -0.39 is 17.1 Å². The first-order valence-corrected chi connectivity index (χ1v) is 5.28. The molecule has 3 unspecified atom stereocenters. The standard InChI is InChI=1S/C10H18N2O4/c1-7(11-14)8-6-9(2,12(15)16)4-5-10(8,3)13/h8,13-14H,4-6H2,1-3H3/b11-7+. The van der Waals surface area contributed by atoms with Crippen molar-refractivity contribution >= 4 is 5.71 Å². The lowest BCUT2D eigenvalue weighted by Crippen LogP contribution is -2.52. The summed E-state index contributed by atoms with van der Waals surface area (Å²) in [4.78, 5) is 10.7. The minimum Gasteiger partial charge on any atom is -0.411 e. The van der Waals surface area contributed by atoms with Crippen LogP contribution in [-0.4, -0.2) is 32.1 Å². The molecule has 0 aromatic rings. The molecule has 3 atom stereocenters. The van der Waals surface area contributed by atoms with Crippen molar-refractivity contribution in [2.24, 2.45) is 11.1 Å². The van der Waals surface area contributed by atoms with Crippen molar-refractivity contribution < 1.29 is 15.2 Å². The van der Waals surface area contributed by atoms with Crippen LogP contribution in [0.4, 0.5) is 0 Å². The van der Waals surface area contributed by atoms with Gasteiger partial charge in [-0.3, -0.25) is 10.1 Å². The molecule has 0 aromatic heterocycles. The van der Waals surface area contributed by atoms with E-state index in [0.29, 0.717) is 18.6 Å². The molecule has 1 fully saturated rings. The SMILES string of the molecule is C/C(=N\O)C1CC(C)([N+](=O)[O-])CCC1(C)O. The van der Waals surface area contributed by atoms with Gasteiger partial charge in [-0.15, -0.1) is 0 Å². The second-order valence-corrected chi connectivity index (χ2v) is 5.11. The summed E-state index contributed by atoms with van der Waals surface area (Å²) in [6.07, 6.45) is 0.868. The van der Waals surface area contributed by atoms with Crippen LogP contribution in [0.2, 0.25) is 0 Å². The quantitative estimate of drug-likeness (QED) is 0.324. The van der Waals surface area contributed by atoms with Crippen LogP contribution in [0.5, 0.6) is 0 Å². The van der Waals surface area contributed by atoms with Crippen LogP contribution < -0.4 is 0 Å². The van der Waals surface area contributed by atoms with E-state index in [9.17, 15) is 15.2 Å². The first-order chi connectivity index (χ1) is 7.23. The Bertz CT molecular complexity index is 327. The van der Waals surface area contributed by atoms with Gasteiger partial charge in [0.25, 0.3) is 0 Å². The Morgan fingerprint density at radius 2 is 2.06 bits per heavy atom. The maximum Gasteiger partial charge on any atom is 0.220 e. The first-order valence-electron chi connectivity index (χ1n) is 5.28. The molecule has 0 aromatic carbocycles. The van der Waals surface area contributed by atoms with E-state index >= 15 is 0 Å². The highest BCUT2D eigenvalue weighted by Crippen LogP contribution is 2.41. The molecule has 1 aliphatic rings. The predicted octanol–water partition coefficient (Wildman–Crippen LogP) is 1.42. The summed E-state index contributed by atoms with van der Waals surface area (Å²) < 4.78 is 0. The van der Waals surface area contributed by atoms with Gasteiger partial charge in [0.2, 0.25) is 5.54 Å². The summed E-state index contributed by atoms with van der Waals surface area (Å²) >= 11 is 0. The average Bonchev–Trinajstić information content (AvgIpc) is 2.20. The molecule has 1 aliphatic carbocycles. The smallest absolute Gasteiger partial charge is 0.220 e. The predicted molar refractivity (Wildman–Crippen MR) is 58.3 cm³/mol. The number of hydrogen-bond acceptors (Lipinski definition) is 5. The van der Waals surface area contributed by atoms with Gasteiger partial charge in [0.05, 0.1) is 11.3 Å². The fourth-order valence-corrected chi connectivity index (χ4v) is 2.29. The maximum atomic E-state index is 11.0. The monoisotopic (exact) mass is 230 g/mol. The van der Waals surface area contributed by atoms with E-state index in [-0.39, 0.29) is 11.3 Å². The Hall–Kier alpha value is -1.17. The molecule has 0 heterocycles. The number of oxime groups is 1. The van der Waals surface area contributed by atoms with Gasteiger partial charge >= 0.3 is 0 Å². The molecule has 1 rings (SSSR count). The van der Waals surface area contributed by atoms with Gasteiger partial charge < -0.3 is 10.3 Å². The summed E-state index contributed by atoms with van der Waals surface area (Å²) in [6.45, 7) is 4.77. The fraction of sp³-hybridized carbons (Fsp3) is 0.900.